The highest BCUT2D eigenvalue weighted by Gasteiger charge is 2.33. The van der Waals surface area contributed by atoms with Crippen molar-refractivity contribution < 1.29 is 14.3 Å². The molecule has 9 heteroatoms. The summed E-state index contributed by atoms with van der Waals surface area (Å²) in [5, 5.41) is 0.749. The van der Waals surface area contributed by atoms with Crippen molar-refractivity contribution in [1.82, 2.24) is 0 Å². The van der Waals surface area contributed by atoms with Crippen molar-refractivity contribution >= 4 is 85.1 Å². The van der Waals surface area contributed by atoms with Crippen LogP contribution in [0.5, 0.6) is 11.5 Å². The van der Waals surface area contributed by atoms with E-state index in [4.69, 9.17) is 51.3 Å². The van der Waals surface area contributed by atoms with E-state index in [2.05, 4.69) is 21.9 Å². The monoisotopic (exact) mass is 527 g/mol. The lowest BCUT2D eigenvalue weighted by molar-refractivity contribution is -0.113. The van der Waals surface area contributed by atoms with Crippen LogP contribution in [0.4, 0.5) is 5.69 Å². The fraction of sp³-hybridized carbons (Fsp3) is 0.100. The molecule has 1 heterocycles. The lowest BCUT2D eigenvalue weighted by Crippen LogP contribution is -2.27. The molecule has 29 heavy (non-hydrogen) atoms. The second-order valence-corrected chi connectivity index (χ2v) is 8.99. The van der Waals surface area contributed by atoms with Gasteiger partial charge in [-0.25, -0.2) is 0 Å². The number of terminal acetylenes is 1. The van der Waals surface area contributed by atoms with Crippen LogP contribution in [0.15, 0.2) is 39.7 Å². The number of anilines is 1. The summed E-state index contributed by atoms with van der Waals surface area (Å²) < 4.78 is 12.0. The van der Waals surface area contributed by atoms with Crippen LogP contribution in [0.25, 0.3) is 6.08 Å². The predicted molar refractivity (Wildman–Crippen MR) is 127 cm³/mol. The van der Waals surface area contributed by atoms with E-state index in [0.717, 1.165) is 5.56 Å². The maximum absolute atomic E-state index is 12.9. The molecule has 1 aliphatic heterocycles. The zero-order chi connectivity index (χ0) is 21.1. The van der Waals surface area contributed by atoms with Gasteiger partial charge in [0.15, 0.2) is 15.8 Å². The Kier molecular flexibility index (Phi) is 7.14. The summed E-state index contributed by atoms with van der Waals surface area (Å²) in [5.74, 6) is 3.14. The van der Waals surface area contributed by atoms with Gasteiger partial charge >= 0.3 is 0 Å². The number of carbonyl (C=O) groups is 1. The molecule has 0 atom stereocenters. The van der Waals surface area contributed by atoms with Gasteiger partial charge in [0.25, 0.3) is 5.91 Å². The Bertz CT molecular complexity index is 1080. The molecule has 0 aromatic heterocycles. The molecule has 0 spiro atoms. The second-order valence-electron chi connectivity index (χ2n) is 5.64. The van der Waals surface area contributed by atoms with Crippen LogP contribution in [0, 0.1) is 12.3 Å². The fourth-order valence-electron chi connectivity index (χ4n) is 2.54. The summed E-state index contributed by atoms with van der Waals surface area (Å²) in [4.78, 5) is 14.8. The van der Waals surface area contributed by atoms with Gasteiger partial charge in [-0.05, 0) is 57.9 Å². The van der Waals surface area contributed by atoms with Gasteiger partial charge in [0, 0.05) is 0 Å². The average molecular weight is 529 g/mol. The predicted octanol–water partition coefficient (Wildman–Crippen LogP) is 6.18. The molecule has 1 amide bonds. The summed E-state index contributed by atoms with van der Waals surface area (Å²) in [6.07, 6.45) is 6.98. The van der Waals surface area contributed by atoms with E-state index in [-0.39, 0.29) is 12.5 Å². The maximum Gasteiger partial charge on any atom is 0.270 e. The number of amides is 1. The molecule has 2 aromatic rings. The van der Waals surface area contributed by atoms with Crippen molar-refractivity contribution in [1.29, 1.82) is 0 Å². The van der Waals surface area contributed by atoms with E-state index < -0.39 is 0 Å². The van der Waals surface area contributed by atoms with Gasteiger partial charge in [0.2, 0.25) is 0 Å². The third kappa shape index (κ3) is 4.73. The van der Waals surface area contributed by atoms with E-state index in [1.54, 1.807) is 36.4 Å². The Morgan fingerprint density at radius 1 is 1.31 bits per heavy atom. The lowest BCUT2D eigenvalue weighted by atomic mass is 10.1. The van der Waals surface area contributed by atoms with Crippen LogP contribution >= 0.6 is 63.1 Å². The topological polar surface area (TPSA) is 38.8 Å². The molecule has 1 saturated heterocycles. The molecule has 0 unspecified atom stereocenters. The molecule has 1 aliphatic rings. The third-order valence-electron chi connectivity index (χ3n) is 3.80. The number of thiocarbonyl (C=S) groups is 1. The molecule has 1 fully saturated rings. The summed E-state index contributed by atoms with van der Waals surface area (Å²) in [6, 6.07) is 8.48. The van der Waals surface area contributed by atoms with E-state index in [1.165, 1.54) is 23.8 Å². The first-order valence-corrected chi connectivity index (χ1v) is 10.8. The van der Waals surface area contributed by atoms with Crippen molar-refractivity contribution in [3.8, 4) is 23.8 Å². The van der Waals surface area contributed by atoms with Crippen molar-refractivity contribution in [2.24, 2.45) is 0 Å². The Hall–Kier alpha value is -1.69. The molecule has 0 N–H and O–H groups in total. The van der Waals surface area contributed by atoms with Crippen molar-refractivity contribution in [3.05, 3.63) is 55.3 Å². The van der Waals surface area contributed by atoms with Crippen LogP contribution in [0.1, 0.15) is 5.56 Å². The van der Waals surface area contributed by atoms with Crippen LogP contribution in [0.2, 0.25) is 10.0 Å². The first-order chi connectivity index (χ1) is 13.8. The van der Waals surface area contributed by atoms with Gasteiger partial charge < -0.3 is 9.47 Å². The van der Waals surface area contributed by atoms with E-state index in [1.807, 2.05) is 0 Å². The standard InChI is InChI=1S/C20H12BrCl2NO3S2/c1-3-6-27-18-13(21)7-11(8-16(18)26-2)9-17-19(25)24(20(28)29-17)12-4-5-14(22)15(23)10-12/h1,4-5,7-10H,6H2,2H3/b17-9+. The number of benzene rings is 2. The van der Waals surface area contributed by atoms with Gasteiger partial charge in [-0.15, -0.1) is 6.42 Å². The number of nitrogens with zero attached hydrogens (tertiary/aromatic N) is 1. The Balaban J connectivity index is 1.94. The number of ether oxygens (including phenoxy) is 2. The third-order valence-corrected chi connectivity index (χ3v) is 6.43. The smallest absolute Gasteiger partial charge is 0.270 e. The quantitative estimate of drug-likeness (QED) is 0.263. The molecule has 148 valence electrons. The second kappa shape index (κ2) is 9.41. The average Bonchev–Trinajstić information content (AvgIpc) is 2.96. The number of thioether (sulfide) groups is 1. The van der Waals surface area contributed by atoms with Crippen molar-refractivity contribution in [2.75, 3.05) is 18.6 Å². The molecule has 2 aromatic carbocycles. The number of carbonyl (C=O) groups excluding carboxylic acids is 1. The molecule has 0 aliphatic carbocycles. The number of rotatable bonds is 5. The van der Waals surface area contributed by atoms with Crippen LogP contribution in [-0.4, -0.2) is 23.9 Å². The molecule has 0 saturated carbocycles. The Morgan fingerprint density at radius 2 is 2.07 bits per heavy atom. The summed E-state index contributed by atoms with van der Waals surface area (Å²) in [5.41, 5.74) is 1.29. The van der Waals surface area contributed by atoms with Gasteiger partial charge in [0.1, 0.15) is 6.61 Å². The molecule has 0 bridgehead atoms. The van der Waals surface area contributed by atoms with Gasteiger partial charge in [-0.3, -0.25) is 9.69 Å². The number of hydrogen-bond donors (Lipinski definition) is 0. The summed E-state index contributed by atoms with van der Waals surface area (Å²) >= 11 is 22.1. The molecular formula is C20H12BrCl2NO3S2. The van der Waals surface area contributed by atoms with E-state index >= 15 is 0 Å². The van der Waals surface area contributed by atoms with Crippen molar-refractivity contribution in [2.45, 2.75) is 0 Å². The number of halogens is 3. The number of hydrogen-bond acceptors (Lipinski definition) is 5. The van der Waals surface area contributed by atoms with E-state index in [0.29, 0.717) is 40.9 Å². The first kappa shape index (κ1) is 22.0. The highest BCUT2D eigenvalue weighted by molar-refractivity contribution is 9.10. The zero-order valence-corrected chi connectivity index (χ0v) is 19.6. The molecule has 3 rings (SSSR count). The van der Waals surface area contributed by atoms with Gasteiger partial charge in [-0.1, -0.05) is 53.1 Å². The molecule has 0 radical (unpaired) electrons. The molecular weight excluding hydrogens is 517 g/mol. The lowest BCUT2D eigenvalue weighted by Gasteiger charge is -2.15. The van der Waals surface area contributed by atoms with Crippen LogP contribution in [-0.2, 0) is 4.79 Å². The minimum Gasteiger partial charge on any atom is -0.493 e. The van der Waals surface area contributed by atoms with Crippen molar-refractivity contribution in [3.63, 3.8) is 0 Å². The number of methoxy groups -OCH3 is 1. The first-order valence-electron chi connectivity index (χ1n) is 8.02. The molecule has 4 nitrogen and oxygen atoms in total. The Morgan fingerprint density at radius 3 is 2.72 bits per heavy atom. The highest BCUT2D eigenvalue weighted by atomic mass is 79.9. The SMILES string of the molecule is C#CCOc1c(Br)cc(/C=C2/SC(=S)N(c3ccc(Cl)c(Cl)c3)C2=O)cc1OC. The van der Waals surface area contributed by atoms with Crippen LogP contribution in [0.3, 0.4) is 0 Å². The normalized spacial score (nSPS) is 15.0. The highest BCUT2D eigenvalue weighted by Crippen LogP contribution is 2.40. The van der Waals surface area contributed by atoms with Gasteiger partial charge in [-0.2, -0.15) is 0 Å². The van der Waals surface area contributed by atoms with Gasteiger partial charge in [0.05, 0.1) is 32.2 Å². The zero-order valence-electron chi connectivity index (χ0n) is 14.9. The fourth-order valence-corrected chi connectivity index (χ4v) is 4.71. The summed E-state index contributed by atoms with van der Waals surface area (Å²) in [7, 11) is 1.53. The minimum absolute atomic E-state index is 0.108. The van der Waals surface area contributed by atoms with E-state index in [9.17, 15) is 4.79 Å². The minimum atomic E-state index is -0.249. The largest absolute Gasteiger partial charge is 0.493 e. The maximum atomic E-state index is 12.9. The van der Waals surface area contributed by atoms with Crippen LogP contribution < -0.4 is 14.4 Å². The summed E-state index contributed by atoms with van der Waals surface area (Å²) in [6.45, 7) is 0.108. The Labute approximate surface area is 196 Å².